The zero-order chi connectivity index (χ0) is 17.1. The van der Waals surface area contributed by atoms with Crippen LogP contribution in [0.15, 0.2) is 28.9 Å². The molecule has 0 amide bonds. The van der Waals surface area contributed by atoms with Crippen molar-refractivity contribution in [2.24, 2.45) is 0 Å². The van der Waals surface area contributed by atoms with Crippen LogP contribution in [0.3, 0.4) is 0 Å². The number of piperidine rings is 1. The minimum Gasteiger partial charge on any atom is -0.355 e. The molecule has 119 valence electrons. The van der Waals surface area contributed by atoms with Gasteiger partial charge in [-0.1, -0.05) is 6.07 Å². The van der Waals surface area contributed by atoms with Gasteiger partial charge in [0.1, 0.15) is 29.3 Å². The van der Waals surface area contributed by atoms with Gasteiger partial charge in [-0.2, -0.15) is 10.5 Å². The molecule has 1 radical (unpaired) electrons. The molecule has 6 heteroatoms. The summed E-state index contributed by atoms with van der Waals surface area (Å²) in [6.45, 7) is 1.62. The van der Waals surface area contributed by atoms with Crippen molar-refractivity contribution in [3.05, 3.63) is 52.2 Å². The van der Waals surface area contributed by atoms with E-state index < -0.39 is 5.82 Å². The summed E-state index contributed by atoms with van der Waals surface area (Å²) < 4.78 is 14.6. The van der Waals surface area contributed by atoms with Crippen molar-refractivity contribution in [1.82, 2.24) is 4.98 Å². The standard InChI is InChI=1S/C18H13BrFN4/c19-15-11-23-18(24-6-2-1-3-7-24)14(10-22)17(15)12-4-5-13(9-21)16(20)8-12/h1,4-5,8,11H,2-3,6-7H2. The molecule has 1 aliphatic heterocycles. The molecular weight excluding hydrogens is 371 g/mol. The van der Waals surface area contributed by atoms with Crippen LogP contribution >= 0.6 is 15.9 Å². The molecular formula is C18H13BrFN4. The van der Waals surface area contributed by atoms with Crippen molar-refractivity contribution in [3.63, 3.8) is 0 Å². The van der Waals surface area contributed by atoms with Crippen molar-refractivity contribution >= 4 is 21.7 Å². The fraction of sp³-hybridized carbons (Fsp3) is 0.222. The number of pyridine rings is 1. The average Bonchev–Trinajstić information content (AvgIpc) is 2.62. The Morgan fingerprint density at radius 3 is 2.54 bits per heavy atom. The van der Waals surface area contributed by atoms with Gasteiger partial charge in [0, 0.05) is 29.3 Å². The van der Waals surface area contributed by atoms with Gasteiger partial charge >= 0.3 is 0 Å². The van der Waals surface area contributed by atoms with E-state index in [1.165, 1.54) is 12.1 Å². The number of anilines is 1. The summed E-state index contributed by atoms with van der Waals surface area (Å²) in [5.41, 5.74) is 1.53. The zero-order valence-electron chi connectivity index (χ0n) is 12.8. The van der Waals surface area contributed by atoms with Crippen molar-refractivity contribution in [2.45, 2.75) is 12.8 Å². The van der Waals surface area contributed by atoms with E-state index in [9.17, 15) is 9.65 Å². The normalized spacial score (nSPS) is 14.1. The lowest BCUT2D eigenvalue weighted by Gasteiger charge is -2.29. The topological polar surface area (TPSA) is 63.7 Å². The molecule has 4 nitrogen and oxygen atoms in total. The van der Waals surface area contributed by atoms with E-state index in [1.54, 1.807) is 18.3 Å². The second-order valence-electron chi connectivity index (χ2n) is 5.45. The summed E-state index contributed by atoms with van der Waals surface area (Å²) in [4.78, 5) is 6.49. The highest BCUT2D eigenvalue weighted by atomic mass is 79.9. The summed E-state index contributed by atoms with van der Waals surface area (Å²) in [5, 5.41) is 18.6. The van der Waals surface area contributed by atoms with Crippen LogP contribution in [0.4, 0.5) is 10.2 Å². The van der Waals surface area contributed by atoms with Gasteiger partial charge in [-0.3, -0.25) is 0 Å². The first-order valence-corrected chi connectivity index (χ1v) is 8.30. The van der Waals surface area contributed by atoms with Crippen molar-refractivity contribution in [1.29, 1.82) is 10.5 Å². The monoisotopic (exact) mass is 383 g/mol. The molecule has 0 N–H and O–H groups in total. The first kappa shape index (κ1) is 16.4. The fourth-order valence-corrected chi connectivity index (χ4v) is 3.36. The molecule has 0 bridgehead atoms. The zero-order valence-corrected chi connectivity index (χ0v) is 14.3. The summed E-state index contributed by atoms with van der Waals surface area (Å²) >= 11 is 3.42. The molecule has 1 aromatic heterocycles. The molecule has 1 saturated heterocycles. The molecule has 0 aliphatic carbocycles. The van der Waals surface area contributed by atoms with Crippen LogP contribution in [0, 0.1) is 34.9 Å². The third-order valence-corrected chi connectivity index (χ3v) is 4.61. The number of benzene rings is 1. The minimum atomic E-state index is -0.600. The van der Waals surface area contributed by atoms with Gasteiger partial charge in [0.25, 0.3) is 0 Å². The molecule has 24 heavy (non-hydrogen) atoms. The summed E-state index contributed by atoms with van der Waals surface area (Å²) in [6.07, 6.45) is 5.76. The van der Waals surface area contributed by atoms with Gasteiger partial charge in [-0.15, -0.1) is 0 Å². The number of nitriles is 2. The number of hydrogen-bond donors (Lipinski definition) is 0. The van der Waals surface area contributed by atoms with Crippen LogP contribution in [-0.2, 0) is 0 Å². The Labute approximate surface area is 148 Å². The van der Waals surface area contributed by atoms with Crippen LogP contribution < -0.4 is 4.90 Å². The first-order chi connectivity index (χ1) is 11.7. The molecule has 2 heterocycles. The summed E-state index contributed by atoms with van der Waals surface area (Å²) in [7, 11) is 0. The van der Waals surface area contributed by atoms with Gasteiger partial charge < -0.3 is 4.90 Å². The second-order valence-corrected chi connectivity index (χ2v) is 6.31. The van der Waals surface area contributed by atoms with Gasteiger partial charge in [0.15, 0.2) is 0 Å². The third-order valence-electron chi connectivity index (χ3n) is 4.01. The average molecular weight is 384 g/mol. The van der Waals surface area contributed by atoms with E-state index in [0.717, 1.165) is 25.9 Å². The predicted molar refractivity (Wildman–Crippen MR) is 92.5 cm³/mol. The molecule has 1 aromatic carbocycles. The molecule has 0 unspecified atom stereocenters. The molecule has 2 aromatic rings. The van der Waals surface area contributed by atoms with Crippen LogP contribution in [0.1, 0.15) is 24.0 Å². The maximum absolute atomic E-state index is 14.0. The number of rotatable bonds is 2. The number of hydrogen-bond acceptors (Lipinski definition) is 4. The van der Waals surface area contributed by atoms with Crippen molar-refractivity contribution in [2.75, 3.05) is 18.0 Å². The van der Waals surface area contributed by atoms with Gasteiger partial charge in [-0.05, 0) is 52.9 Å². The lowest BCUT2D eigenvalue weighted by Crippen LogP contribution is -2.31. The van der Waals surface area contributed by atoms with Crippen molar-refractivity contribution < 1.29 is 4.39 Å². The molecule has 0 spiro atoms. The number of nitrogens with zero attached hydrogens (tertiary/aromatic N) is 4. The maximum atomic E-state index is 14.0. The van der Waals surface area contributed by atoms with Crippen LogP contribution in [0.2, 0.25) is 0 Å². The molecule has 1 fully saturated rings. The summed E-state index contributed by atoms with van der Waals surface area (Å²) in [6, 6.07) is 8.38. The third kappa shape index (κ3) is 2.98. The highest BCUT2D eigenvalue weighted by Gasteiger charge is 2.21. The lowest BCUT2D eigenvalue weighted by atomic mass is 9.99. The number of aromatic nitrogens is 1. The first-order valence-electron chi connectivity index (χ1n) is 7.51. The predicted octanol–water partition coefficient (Wildman–Crippen LogP) is 4.20. The highest BCUT2D eigenvalue weighted by molar-refractivity contribution is 9.10. The quantitative estimate of drug-likeness (QED) is 0.779. The van der Waals surface area contributed by atoms with Crippen LogP contribution in [0.25, 0.3) is 11.1 Å². The highest BCUT2D eigenvalue weighted by Crippen LogP contribution is 2.36. The van der Waals surface area contributed by atoms with E-state index in [2.05, 4.69) is 38.3 Å². The van der Waals surface area contributed by atoms with E-state index in [-0.39, 0.29) is 5.56 Å². The second kappa shape index (κ2) is 6.98. The Bertz CT molecular complexity index is 861. The minimum absolute atomic E-state index is 0.0192. The van der Waals surface area contributed by atoms with E-state index in [1.807, 2.05) is 0 Å². The Kier molecular flexibility index (Phi) is 4.78. The maximum Gasteiger partial charge on any atom is 0.147 e. The number of halogens is 2. The van der Waals surface area contributed by atoms with E-state index in [4.69, 9.17) is 5.26 Å². The Morgan fingerprint density at radius 1 is 1.17 bits per heavy atom. The van der Waals surface area contributed by atoms with E-state index in [0.29, 0.717) is 27.0 Å². The largest absolute Gasteiger partial charge is 0.355 e. The van der Waals surface area contributed by atoms with Crippen LogP contribution in [0.5, 0.6) is 0 Å². The molecule has 0 atom stereocenters. The van der Waals surface area contributed by atoms with Crippen molar-refractivity contribution in [3.8, 4) is 23.3 Å². The Hall–Kier alpha value is -2.44. The molecule has 3 rings (SSSR count). The van der Waals surface area contributed by atoms with Crippen LogP contribution in [-0.4, -0.2) is 18.1 Å². The van der Waals surface area contributed by atoms with Gasteiger partial charge in [-0.25, -0.2) is 9.37 Å². The smallest absolute Gasteiger partial charge is 0.147 e. The fourth-order valence-electron chi connectivity index (χ4n) is 2.83. The van der Waals surface area contributed by atoms with Gasteiger partial charge in [0.2, 0.25) is 0 Å². The Morgan fingerprint density at radius 2 is 1.92 bits per heavy atom. The SMILES string of the molecule is N#Cc1ccc(-c2c(Br)cnc(N3CC[CH]CC3)c2C#N)cc1F. The molecule has 0 saturated carbocycles. The molecule has 1 aliphatic rings. The summed E-state index contributed by atoms with van der Waals surface area (Å²) in [5.74, 6) is 0.0188. The van der Waals surface area contributed by atoms with E-state index >= 15 is 0 Å². The lowest BCUT2D eigenvalue weighted by molar-refractivity contribution is 0.624. The Balaban J connectivity index is 2.15. The van der Waals surface area contributed by atoms with Gasteiger partial charge in [0.05, 0.1) is 5.56 Å².